The Morgan fingerprint density at radius 1 is 1.42 bits per heavy atom. The van der Waals surface area contributed by atoms with Gasteiger partial charge in [0.2, 0.25) is 5.91 Å². The van der Waals surface area contributed by atoms with E-state index in [-0.39, 0.29) is 11.3 Å². The summed E-state index contributed by atoms with van der Waals surface area (Å²) in [5.74, 6) is -0.217. The Hall–Kier alpha value is -1.35. The maximum absolute atomic E-state index is 10.8. The Bertz CT molecular complexity index is 454. The van der Waals surface area contributed by atoms with E-state index in [9.17, 15) is 4.79 Å². The highest BCUT2D eigenvalue weighted by Gasteiger charge is 2.34. The van der Waals surface area contributed by atoms with Crippen molar-refractivity contribution < 1.29 is 4.79 Å². The second kappa shape index (κ2) is 5.74. The summed E-state index contributed by atoms with van der Waals surface area (Å²) in [4.78, 5) is 10.8. The van der Waals surface area contributed by atoms with Gasteiger partial charge in [-0.2, -0.15) is 0 Å². The molecule has 0 heterocycles. The third-order valence-corrected chi connectivity index (χ3v) is 4.13. The third-order valence-electron chi connectivity index (χ3n) is 4.13. The maximum Gasteiger partial charge on any atom is 0.217 e. The van der Waals surface area contributed by atoms with Crippen LogP contribution in [0.1, 0.15) is 50.3 Å². The van der Waals surface area contributed by atoms with Gasteiger partial charge in [0.05, 0.1) is 0 Å². The van der Waals surface area contributed by atoms with Crippen LogP contribution in [0, 0.1) is 5.41 Å². The third kappa shape index (κ3) is 3.35. The molecule has 104 valence electrons. The fourth-order valence-corrected chi connectivity index (χ4v) is 2.96. The molecule has 0 saturated carbocycles. The largest absolute Gasteiger partial charge is 0.370 e. The molecule has 3 nitrogen and oxygen atoms in total. The zero-order valence-electron chi connectivity index (χ0n) is 11.9. The number of amides is 1. The predicted molar refractivity (Wildman–Crippen MR) is 77.7 cm³/mol. The summed E-state index contributed by atoms with van der Waals surface area (Å²) in [6, 6.07) is 9.04. The van der Waals surface area contributed by atoms with Gasteiger partial charge in [0.15, 0.2) is 0 Å². The Kier molecular flexibility index (Phi) is 4.25. The van der Waals surface area contributed by atoms with Gasteiger partial charge in [0, 0.05) is 12.5 Å². The average Bonchev–Trinajstić information content (AvgIpc) is 2.36. The number of fused-ring (bicyclic) bond motifs is 1. The van der Waals surface area contributed by atoms with Crippen LogP contribution in [-0.4, -0.2) is 12.5 Å². The molecule has 1 aromatic rings. The van der Waals surface area contributed by atoms with Gasteiger partial charge in [-0.25, -0.2) is 0 Å². The lowest BCUT2D eigenvalue weighted by Crippen LogP contribution is -2.38. The lowest BCUT2D eigenvalue weighted by atomic mass is 9.70. The van der Waals surface area contributed by atoms with Crippen LogP contribution in [0.4, 0.5) is 0 Å². The molecule has 1 unspecified atom stereocenters. The molecule has 0 radical (unpaired) electrons. The number of nitrogens with two attached hydrogens (primary N) is 1. The van der Waals surface area contributed by atoms with E-state index in [4.69, 9.17) is 5.73 Å². The van der Waals surface area contributed by atoms with Gasteiger partial charge in [-0.15, -0.1) is 0 Å². The van der Waals surface area contributed by atoms with Crippen molar-refractivity contribution in [3.8, 4) is 0 Å². The zero-order valence-corrected chi connectivity index (χ0v) is 11.9. The van der Waals surface area contributed by atoms with E-state index in [1.165, 1.54) is 17.5 Å². The first-order valence-electron chi connectivity index (χ1n) is 7.10. The molecule has 0 fully saturated rings. The molecule has 3 heteroatoms. The number of nitrogens with one attached hydrogen (secondary N) is 1. The molecular formula is C16H24N2O. The van der Waals surface area contributed by atoms with Crippen molar-refractivity contribution >= 4 is 5.91 Å². The molecule has 0 bridgehead atoms. The van der Waals surface area contributed by atoms with Crippen LogP contribution in [0.5, 0.6) is 0 Å². The Morgan fingerprint density at radius 3 is 2.89 bits per heavy atom. The number of hydrogen-bond acceptors (Lipinski definition) is 2. The van der Waals surface area contributed by atoms with Gasteiger partial charge >= 0.3 is 0 Å². The molecule has 0 saturated heterocycles. The molecule has 0 aromatic heterocycles. The first kappa shape index (κ1) is 14.1. The Morgan fingerprint density at radius 2 is 2.16 bits per heavy atom. The number of carbonyl (C=O) groups excluding carboxylic acids is 1. The molecule has 1 amide bonds. The molecule has 1 atom stereocenters. The summed E-state index contributed by atoms with van der Waals surface area (Å²) in [5.41, 5.74) is 8.29. The highest BCUT2D eigenvalue weighted by molar-refractivity contribution is 5.73. The lowest BCUT2D eigenvalue weighted by molar-refractivity contribution is -0.118. The lowest BCUT2D eigenvalue weighted by Gasteiger charge is -2.40. The number of aryl methyl sites for hydroxylation is 1. The van der Waals surface area contributed by atoms with E-state index in [1.54, 1.807) is 0 Å². The standard InChI is InChI=1S/C16H24N2O/c1-16(2)10-9-12-6-3-4-7-13(12)15(16)18-11-5-8-14(17)19/h3-4,6-7,15,18H,5,8-11H2,1-2H3,(H2,17,19). The van der Waals surface area contributed by atoms with Gasteiger partial charge in [0.1, 0.15) is 0 Å². The minimum absolute atomic E-state index is 0.217. The first-order valence-corrected chi connectivity index (χ1v) is 7.10. The van der Waals surface area contributed by atoms with Crippen LogP contribution in [-0.2, 0) is 11.2 Å². The average molecular weight is 260 g/mol. The smallest absolute Gasteiger partial charge is 0.217 e. The normalized spacial score (nSPS) is 20.8. The van der Waals surface area contributed by atoms with E-state index < -0.39 is 0 Å². The summed E-state index contributed by atoms with van der Waals surface area (Å²) < 4.78 is 0. The molecule has 1 aliphatic carbocycles. The van der Waals surface area contributed by atoms with E-state index in [0.717, 1.165) is 19.4 Å². The van der Waals surface area contributed by atoms with Crippen LogP contribution >= 0.6 is 0 Å². The van der Waals surface area contributed by atoms with Crippen molar-refractivity contribution in [2.75, 3.05) is 6.54 Å². The van der Waals surface area contributed by atoms with Crippen LogP contribution in [0.15, 0.2) is 24.3 Å². The van der Waals surface area contributed by atoms with Gasteiger partial charge in [0.25, 0.3) is 0 Å². The predicted octanol–water partition coefficient (Wildman–Crippen LogP) is 2.56. The topological polar surface area (TPSA) is 55.1 Å². The minimum atomic E-state index is -0.217. The van der Waals surface area contributed by atoms with Crippen molar-refractivity contribution in [2.45, 2.75) is 45.6 Å². The van der Waals surface area contributed by atoms with Crippen molar-refractivity contribution in [1.82, 2.24) is 5.32 Å². The number of primary amides is 1. The molecule has 1 aliphatic rings. The summed E-state index contributed by atoms with van der Waals surface area (Å²) in [7, 11) is 0. The SMILES string of the molecule is CC1(C)CCc2ccccc2C1NCCCC(N)=O. The second-order valence-corrected chi connectivity index (χ2v) is 6.14. The van der Waals surface area contributed by atoms with Gasteiger partial charge in [-0.3, -0.25) is 4.79 Å². The number of hydrogen-bond donors (Lipinski definition) is 2. The van der Waals surface area contributed by atoms with Crippen molar-refractivity contribution in [3.05, 3.63) is 35.4 Å². The van der Waals surface area contributed by atoms with Gasteiger partial charge in [-0.05, 0) is 42.3 Å². The highest BCUT2D eigenvalue weighted by Crippen LogP contribution is 2.43. The van der Waals surface area contributed by atoms with E-state index >= 15 is 0 Å². The number of carbonyl (C=O) groups is 1. The molecule has 1 aromatic carbocycles. The Labute approximate surface area is 115 Å². The van der Waals surface area contributed by atoms with E-state index in [2.05, 4.69) is 43.4 Å². The quantitative estimate of drug-likeness (QED) is 0.799. The fraction of sp³-hybridized carbons (Fsp3) is 0.562. The summed E-state index contributed by atoms with van der Waals surface area (Å²) in [6.07, 6.45) is 3.62. The number of benzene rings is 1. The van der Waals surface area contributed by atoms with Crippen molar-refractivity contribution in [2.24, 2.45) is 11.1 Å². The molecule has 2 rings (SSSR count). The van der Waals surface area contributed by atoms with Crippen molar-refractivity contribution in [1.29, 1.82) is 0 Å². The summed E-state index contributed by atoms with van der Waals surface area (Å²) in [6.45, 7) is 5.47. The van der Waals surface area contributed by atoms with Crippen LogP contribution < -0.4 is 11.1 Å². The summed E-state index contributed by atoms with van der Waals surface area (Å²) >= 11 is 0. The maximum atomic E-state index is 10.8. The van der Waals surface area contributed by atoms with E-state index in [0.29, 0.717) is 12.5 Å². The molecule has 3 N–H and O–H groups in total. The highest BCUT2D eigenvalue weighted by atomic mass is 16.1. The van der Waals surface area contributed by atoms with Crippen molar-refractivity contribution in [3.63, 3.8) is 0 Å². The zero-order chi connectivity index (χ0) is 13.9. The van der Waals surface area contributed by atoms with E-state index in [1.807, 2.05) is 0 Å². The fourth-order valence-electron chi connectivity index (χ4n) is 2.96. The monoisotopic (exact) mass is 260 g/mol. The molecular weight excluding hydrogens is 236 g/mol. The summed E-state index contributed by atoms with van der Waals surface area (Å²) in [5, 5.41) is 3.62. The number of rotatable bonds is 5. The first-order chi connectivity index (χ1) is 9.00. The van der Waals surface area contributed by atoms with Crippen LogP contribution in [0.25, 0.3) is 0 Å². The molecule has 19 heavy (non-hydrogen) atoms. The second-order valence-electron chi connectivity index (χ2n) is 6.14. The minimum Gasteiger partial charge on any atom is -0.370 e. The Balaban J connectivity index is 2.06. The van der Waals surface area contributed by atoms with Gasteiger partial charge in [-0.1, -0.05) is 38.1 Å². The van der Waals surface area contributed by atoms with Crippen LogP contribution in [0.2, 0.25) is 0 Å². The van der Waals surface area contributed by atoms with Crippen LogP contribution in [0.3, 0.4) is 0 Å². The molecule has 0 aliphatic heterocycles. The molecule has 0 spiro atoms. The van der Waals surface area contributed by atoms with Gasteiger partial charge < -0.3 is 11.1 Å².